The summed E-state index contributed by atoms with van der Waals surface area (Å²) in [5.74, 6) is 0.213. The number of amides is 1. The molecule has 0 spiro atoms. The van der Waals surface area contributed by atoms with Crippen molar-refractivity contribution in [1.29, 1.82) is 0 Å². The van der Waals surface area contributed by atoms with Gasteiger partial charge in [0.2, 0.25) is 5.91 Å². The number of nitrogens with one attached hydrogen (secondary N) is 1. The minimum Gasteiger partial charge on any atom is -0.337 e. The third-order valence-corrected chi connectivity index (χ3v) is 3.40. The van der Waals surface area contributed by atoms with E-state index in [-0.39, 0.29) is 5.91 Å². The minimum absolute atomic E-state index is 0.213. The summed E-state index contributed by atoms with van der Waals surface area (Å²) in [6.45, 7) is 7.25. The molecule has 0 bridgehead atoms. The molecule has 0 atom stereocenters. The molecule has 0 unspecified atom stereocenters. The third kappa shape index (κ3) is 2.86. The van der Waals surface area contributed by atoms with Crippen molar-refractivity contribution >= 4 is 5.91 Å². The highest BCUT2D eigenvalue weighted by atomic mass is 16.2. The highest BCUT2D eigenvalue weighted by Gasteiger charge is 2.17. The monoisotopic (exact) mass is 232 g/mol. The van der Waals surface area contributed by atoms with E-state index in [1.54, 1.807) is 0 Å². The molecule has 17 heavy (non-hydrogen) atoms. The maximum atomic E-state index is 11.9. The molecular weight excluding hydrogens is 212 g/mol. The van der Waals surface area contributed by atoms with Crippen molar-refractivity contribution in [1.82, 2.24) is 10.2 Å². The Labute approximate surface area is 103 Å². The fraction of sp³-hybridized carbons (Fsp3) is 0.500. The van der Waals surface area contributed by atoms with Crippen molar-refractivity contribution in [2.24, 2.45) is 0 Å². The van der Waals surface area contributed by atoms with Gasteiger partial charge in [0.25, 0.3) is 0 Å². The molecule has 3 heteroatoms. The van der Waals surface area contributed by atoms with E-state index >= 15 is 0 Å². The highest BCUT2D eigenvalue weighted by molar-refractivity contribution is 5.78. The maximum absolute atomic E-state index is 11.9. The molecule has 1 saturated heterocycles. The third-order valence-electron chi connectivity index (χ3n) is 3.40. The van der Waals surface area contributed by atoms with E-state index in [2.05, 4.69) is 37.4 Å². The fourth-order valence-electron chi connectivity index (χ4n) is 2.28. The van der Waals surface area contributed by atoms with Crippen LogP contribution in [0.15, 0.2) is 18.2 Å². The molecule has 3 nitrogen and oxygen atoms in total. The van der Waals surface area contributed by atoms with E-state index in [1.807, 2.05) is 4.90 Å². The van der Waals surface area contributed by atoms with Crippen molar-refractivity contribution in [2.45, 2.75) is 26.8 Å². The van der Waals surface area contributed by atoms with E-state index < -0.39 is 0 Å². The highest BCUT2D eigenvalue weighted by Crippen LogP contribution is 2.16. The van der Waals surface area contributed by atoms with E-state index in [4.69, 9.17) is 0 Å². The SMILES string of the molecule is Cc1cccc(C)c1CN1CCCNCC1=O. The first-order valence-corrected chi connectivity index (χ1v) is 6.22. The quantitative estimate of drug-likeness (QED) is 0.840. The fourth-order valence-corrected chi connectivity index (χ4v) is 2.28. The smallest absolute Gasteiger partial charge is 0.236 e. The molecule has 0 saturated carbocycles. The number of nitrogens with zero attached hydrogens (tertiary/aromatic N) is 1. The summed E-state index contributed by atoms with van der Waals surface area (Å²) in [5, 5.41) is 3.15. The summed E-state index contributed by atoms with van der Waals surface area (Å²) in [7, 11) is 0. The molecule has 0 radical (unpaired) electrons. The first-order chi connectivity index (χ1) is 8.18. The lowest BCUT2D eigenvalue weighted by molar-refractivity contribution is -0.130. The zero-order valence-corrected chi connectivity index (χ0v) is 10.6. The number of carbonyl (C=O) groups is 1. The molecule has 1 aliphatic rings. The molecule has 92 valence electrons. The number of hydrogen-bond donors (Lipinski definition) is 1. The van der Waals surface area contributed by atoms with Crippen LogP contribution in [-0.4, -0.2) is 30.4 Å². The van der Waals surface area contributed by atoms with Gasteiger partial charge in [-0.3, -0.25) is 4.79 Å². The van der Waals surface area contributed by atoms with Gasteiger partial charge in [0.05, 0.1) is 6.54 Å². The average Bonchev–Trinajstić information content (AvgIpc) is 2.49. The first-order valence-electron chi connectivity index (χ1n) is 6.22. The topological polar surface area (TPSA) is 32.3 Å². The Morgan fingerprint density at radius 3 is 2.71 bits per heavy atom. The van der Waals surface area contributed by atoms with Gasteiger partial charge in [-0.25, -0.2) is 0 Å². The van der Waals surface area contributed by atoms with Gasteiger partial charge in [0.15, 0.2) is 0 Å². The summed E-state index contributed by atoms with van der Waals surface area (Å²) < 4.78 is 0. The van der Waals surface area contributed by atoms with Crippen molar-refractivity contribution < 1.29 is 4.79 Å². The van der Waals surface area contributed by atoms with Crippen molar-refractivity contribution in [3.63, 3.8) is 0 Å². The van der Waals surface area contributed by atoms with Crippen LogP contribution < -0.4 is 5.32 Å². The summed E-state index contributed by atoms with van der Waals surface area (Å²) in [6, 6.07) is 6.30. The van der Waals surface area contributed by atoms with Gasteiger partial charge in [0.1, 0.15) is 0 Å². The molecule has 0 aromatic heterocycles. The predicted molar refractivity (Wildman–Crippen MR) is 68.8 cm³/mol. The van der Waals surface area contributed by atoms with Crippen LogP contribution in [0.1, 0.15) is 23.1 Å². The van der Waals surface area contributed by atoms with Crippen LogP contribution >= 0.6 is 0 Å². The second-order valence-electron chi connectivity index (χ2n) is 4.72. The Morgan fingerprint density at radius 2 is 2.00 bits per heavy atom. The van der Waals surface area contributed by atoms with Crippen molar-refractivity contribution in [3.8, 4) is 0 Å². The average molecular weight is 232 g/mol. The van der Waals surface area contributed by atoms with Crippen LogP contribution in [0.3, 0.4) is 0 Å². The Balaban J connectivity index is 2.16. The molecule has 1 aromatic rings. The van der Waals surface area contributed by atoms with E-state index in [1.165, 1.54) is 16.7 Å². The molecule has 1 N–H and O–H groups in total. The number of hydrogen-bond acceptors (Lipinski definition) is 2. The Bertz CT molecular complexity index is 394. The second-order valence-corrected chi connectivity index (χ2v) is 4.72. The molecular formula is C14H20N2O. The van der Waals surface area contributed by atoms with Gasteiger partial charge in [-0.1, -0.05) is 18.2 Å². The lowest BCUT2D eigenvalue weighted by Crippen LogP contribution is -2.34. The maximum Gasteiger partial charge on any atom is 0.236 e. The van der Waals surface area contributed by atoms with Gasteiger partial charge >= 0.3 is 0 Å². The Morgan fingerprint density at radius 1 is 1.29 bits per heavy atom. The molecule has 1 amide bonds. The second kappa shape index (κ2) is 5.32. The van der Waals surface area contributed by atoms with Crippen LogP contribution in [0.5, 0.6) is 0 Å². The van der Waals surface area contributed by atoms with E-state index in [9.17, 15) is 4.79 Å². The first kappa shape index (κ1) is 12.1. The van der Waals surface area contributed by atoms with Crippen LogP contribution in [0.25, 0.3) is 0 Å². The van der Waals surface area contributed by atoms with Gasteiger partial charge in [-0.15, -0.1) is 0 Å². The number of carbonyl (C=O) groups excluding carboxylic acids is 1. The lowest BCUT2D eigenvalue weighted by Gasteiger charge is -2.22. The van der Waals surface area contributed by atoms with Gasteiger partial charge in [-0.2, -0.15) is 0 Å². The molecule has 1 fully saturated rings. The molecule has 0 aliphatic carbocycles. The van der Waals surface area contributed by atoms with Crippen LogP contribution in [0.4, 0.5) is 0 Å². The van der Waals surface area contributed by atoms with Crippen LogP contribution in [-0.2, 0) is 11.3 Å². The predicted octanol–water partition coefficient (Wildman–Crippen LogP) is 1.63. The molecule has 1 aromatic carbocycles. The standard InChI is InChI=1S/C14H20N2O/c1-11-5-3-6-12(2)13(11)10-16-8-4-7-15-9-14(16)17/h3,5-6,15H,4,7-10H2,1-2H3. The van der Waals surface area contributed by atoms with E-state index in [0.29, 0.717) is 6.54 Å². The van der Waals surface area contributed by atoms with Crippen LogP contribution in [0.2, 0.25) is 0 Å². The Hall–Kier alpha value is -1.35. The summed E-state index contributed by atoms with van der Waals surface area (Å²) >= 11 is 0. The zero-order chi connectivity index (χ0) is 12.3. The molecule has 2 rings (SSSR count). The van der Waals surface area contributed by atoms with Crippen molar-refractivity contribution in [2.75, 3.05) is 19.6 Å². The van der Waals surface area contributed by atoms with Gasteiger partial charge < -0.3 is 10.2 Å². The summed E-state index contributed by atoms with van der Waals surface area (Å²) in [6.07, 6.45) is 1.04. The number of rotatable bonds is 2. The number of benzene rings is 1. The minimum atomic E-state index is 0.213. The van der Waals surface area contributed by atoms with Gasteiger partial charge in [0, 0.05) is 13.1 Å². The number of aryl methyl sites for hydroxylation is 2. The van der Waals surface area contributed by atoms with E-state index in [0.717, 1.165) is 26.1 Å². The lowest BCUT2D eigenvalue weighted by atomic mass is 10.0. The van der Waals surface area contributed by atoms with Crippen molar-refractivity contribution in [3.05, 3.63) is 34.9 Å². The van der Waals surface area contributed by atoms with Gasteiger partial charge in [-0.05, 0) is 43.5 Å². The zero-order valence-electron chi connectivity index (χ0n) is 10.6. The summed E-state index contributed by atoms with van der Waals surface area (Å²) in [5.41, 5.74) is 3.84. The Kier molecular flexibility index (Phi) is 3.79. The van der Waals surface area contributed by atoms with Crippen LogP contribution in [0, 0.1) is 13.8 Å². The largest absolute Gasteiger partial charge is 0.337 e. The molecule has 1 heterocycles. The molecule has 1 aliphatic heterocycles. The summed E-state index contributed by atoms with van der Waals surface area (Å²) in [4.78, 5) is 13.9. The normalized spacial score (nSPS) is 17.1.